The first-order chi connectivity index (χ1) is 8.35. The molecule has 1 heterocycles. The molecule has 1 aliphatic heterocycles. The van der Waals surface area contributed by atoms with Gasteiger partial charge < -0.3 is 14.8 Å². The van der Waals surface area contributed by atoms with E-state index in [-0.39, 0.29) is 0 Å². The molecule has 1 saturated heterocycles. The number of nitrogens with one attached hydrogen (secondary N) is 1. The molecular weight excluding hydrogens is 214 g/mol. The van der Waals surface area contributed by atoms with E-state index in [9.17, 15) is 0 Å². The van der Waals surface area contributed by atoms with Gasteiger partial charge in [0.1, 0.15) is 0 Å². The van der Waals surface area contributed by atoms with E-state index in [1.165, 1.54) is 24.8 Å². The minimum absolute atomic E-state index is 0.466. The zero-order valence-corrected chi connectivity index (χ0v) is 10.7. The van der Waals surface area contributed by atoms with Gasteiger partial charge in [-0.15, -0.1) is 0 Å². The fourth-order valence-corrected chi connectivity index (χ4v) is 2.31. The average Bonchev–Trinajstić information content (AvgIpc) is 2.40. The summed E-state index contributed by atoms with van der Waals surface area (Å²) in [4.78, 5) is 0. The summed E-state index contributed by atoms with van der Waals surface area (Å²) >= 11 is 0. The second-order valence-electron chi connectivity index (χ2n) is 4.35. The van der Waals surface area contributed by atoms with Gasteiger partial charge in [0.05, 0.1) is 13.7 Å². The predicted molar refractivity (Wildman–Crippen MR) is 68.8 cm³/mol. The van der Waals surface area contributed by atoms with Gasteiger partial charge >= 0.3 is 0 Å². The Hall–Kier alpha value is -1.22. The highest BCUT2D eigenvalue weighted by Gasteiger charge is 2.16. The molecular formula is C14H21NO2. The van der Waals surface area contributed by atoms with Crippen LogP contribution in [0, 0.1) is 0 Å². The maximum atomic E-state index is 5.52. The lowest BCUT2D eigenvalue weighted by atomic mass is 9.97. The van der Waals surface area contributed by atoms with E-state index in [0.717, 1.165) is 18.0 Å². The average molecular weight is 235 g/mol. The van der Waals surface area contributed by atoms with Crippen LogP contribution in [0.3, 0.4) is 0 Å². The minimum Gasteiger partial charge on any atom is -0.493 e. The van der Waals surface area contributed by atoms with Crippen molar-refractivity contribution >= 4 is 0 Å². The van der Waals surface area contributed by atoms with Crippen molar-refractivity contribution in [3.05, 3.63) is 23.8 Å². The van der Waals surface area contributed by atoms with E-state index in [4.69, 9.17) is 9.47 Å². The molecule has 1 aromatic rings. The fourth-order valence-electron chi connectivity index (χ4n) is 2.31. The van der Waals surface area contributed by atoms with Gasteiger partial charge in [-0.3, -0.25) is 0 Å². The maximum absolute atomic E-state index is 5.52. The lowest BCUT2D eigenvalue weighted by Gasteiger charge is -2.24. The molecule has 1 aromatic carbocycles. The van der Waals surface area contributed by atoms with Crippen LogP contribution >= 0.6 is 0 Å². The molecule has 1 aliphatic rings. The highest BCUT2D eigenvalue weighted by atomic mass is 16.5. The number of benzene rings is 1. The van der Waals surface area contributed by atoms with Gasteiger partial charge in [0.2, 0.25) is 0 Å². The largest absolute Gasteiger partial charge is 0.493 e. The van der Waals surface area contributed by atoms with Gasteiger partial charge in [-0.25, -0.2) is 0 Å². The molecule has 94 valence electrons. The Morgan fingerprint density at radius 1 is 1.29 bits per heavy atom. The van der Waals surface area contributed by atoms with Crippen LogP contribution < -0.4 is 14.8 Å². The van der Waals surface area contributed by atoms with Crippen LogP contribution in [0.2, 0.25) is 0 Å². The summed E-state index contributed by atoms with van der Waals surface area (Å²) in [7, 11) is 1.69. The molecule has 1 unspecified atom stereocenters. The summed E-state index contributed by atoms with van der Waals surface area (Å²) in [6.45, 7) is 3.76. The molecule has 1 atom stereocenters. The van der Waals surface area contributed by atoms with Gasteiger partial charge in [-0.2, -0.15) is 0 Å². The van der Waals surface area contributed by atoms with Gasteiger partial charge in [0, 0.05) is 6.04 Å². The molecule has 0 spiro atoms. The first-order valence-corrected chi connectivity index (χ1v) is 6.39. The van der Waals surface area contributed by atoms with Crippen LogP contribution in [0.15, 0.2) is 18.2 Å². The van der Waals surface area contributed by atoms with Crippen LogP contribution in [0.25, 0.3) is 0 Å². The van der Waals surface area contributed by atoms with E-state index in [0.29, 0.717) is 12.6 Å². The third-order valence-electron chi connectivity index (χ3n) is 3.20. The molecule has 0 saturated carbocycles. The molecule has 0 bridgehead atoms. The van der Waals surface area contributed by atoms with E-state index in [1.54, 1.807) is 7.11 Å². The summed E-state index contributed by atoms with van der Waals surface area (Å²) in [5, 5.41) is 3.54. The van der Waals surface area contributed by atoms with Crippen LogP contribution in [-0.2, 0) is 0 Å². The van der Waals surface area contributed by atoms with E-state index >= 15 is 0 Å². The van der Waals surface area contributed by atoms with Crippen molar-refractivity contribution in [2.45, 2.75) is 32.2 Å². The third kappa shape index (κ3) is 2.91. The fraction of sp³-hybridized carbons (Fsp3) is 0.571. The van der Waals surface area contributed by atoms with Crippen LogP contribution in [0.1, 0.15) is 37.8 Å². The predicted octanol–water partition coefficient (Wildman–Crippen LogP) is 2.91. The first kappa shape index (κ1) is 12.2. The Labute approximate surface area is 103 Å². The van der Waals surface area contributed by atoms with Crippen molar-refractivity contribution in [1.29, 1.82) is 0 Å². The number of hydrogen-bond donors (Lipinski definition) is 1. The number of hydrogen-bond acceptors (Lipinski definition) is 3. The van der Waals surface area contributed by atoms with Gasteiger partial charge in [-0.1, -0.05) is 12.5 Å². The number of rotatable bonds is 4. The minimum atomic E-state index is 0.466. The van der Waals surface area contributed by atoms with Crippen molar-refractivity contribution in [2.24, 2.45) is 0 Å². The second kappa shape index (κ2) is 5.92. The number of piperidine rings is 1. The highest BCUT2D eigenvalue weighted by molar-refractivity contribution is 5.43. The van der Waals surface area contributed by atoms with E-state index < -0.39 is 0 Å². The normalized spacial score (nSPS) is 20.0. The maximum Gasteiger partial charge on any atom is 0.161 e. The highest BCUT2D eigenvalue weighted by Crippen LogP contribution is 2.32. The third-order valence-corrected chi connectivity index (χ3v) is 3.20. The Kier molecular flexibility index (Phi) is 4.26. The summed E-state index contributed by atoms with van der Waals surface area (Å²) < 4.78 is 10.9. The summed E-state index contributed by atoms with van der Waals surface area (Å²) in [5.41, 5.74) is 1.30. The van der Waals surface area contributed by atoms with Gasteiger partial charge in [-0.05, 0) is 44.0 Å². The number of ether oxygens (including phenoxy) is 2. The molecule has 0 amide bonds. The Bertz CT molecular complexity index is 359. The Morgan fingerprint density at radius 3 is 2.82 bits per heavy atom. The van der Waals surface area contributed by atoms with Gasteiger partial charge in [0.15, 0.2) is 11.5 Å². The Balaban J connectivity index is 2.17. The molecule has 0 aromatic heterocycles. The SMILES string of the molecule is CCOc1ccc(C2CCCCN2)cc1OC. The monoisotopic (exact) mass is 235 g/mol. The van der Waals surface area contributed by atoms with Crippen LogP contribution in [0.4, 0.5) is 0 Å². The molecule has 1 fully saturated rings. The first-order valence-electron chi connectivity index (χ1n) is 6.39. The topological polar surface area (TPSA) is 30.5 Å². The van der Waals surface area contributed by atoms with Crippen molar-refractivity contribution in [1.82, 2.24) is 5.32 Å². The molecule has 17 heavy (non-hydrogen) atoms. The van der Waals surface area contributed by atoms with Crippen molar-refractivity contribution in [2.75, 3.05) is 20.3 Å². The quantitative estimate of drug-likeness (QED) is 0.870. The molecule has 3 nitrogen and oxygen atoms in total. The van der Waals surface area contributed by atoms with E-state index in [1.807, 2.05) is 13.0 Å². The summed E-state index contributed by atoms with van der Waals surface area (Å²) in [6, 6.07) is 6.70. The lowest BCUT2D eigenvalue weighted by Crippen LogP contribution is -2.26. The molecule has 0 aliphatic carbocycles. The van der Waals surface area contributed by atoms with Crippen molar-refractivity contribution in [3.8, 4) is 11.5 Å². The molecule has 2 rings (SSSR count). The van der Waals surface area contributed by atoms with Crippen molar-refractivity contribution in [3.63, 3.8) is 0 Å². The van der Waals surface area contributed by atoms with Gasteiger partial charge in [0.25, 0.3) is 0 Å². The van der Waals surface area contributed by atoms with Crippen molar-refractivity contribution < 1.29 is 9.47 Å². The molecule has 1 N–H and O–H groups in total. The summed E-state index contributed by atoms with van der Waals surface area (Å²) in [6.07, 6.45) is 3.79. The molecule has 3 heteroatoms. The second-order valence-corrected chi connectivity index (χ2v) is 4.35. The standard InChI is InChI=1S/C14H21NO2/c1-3-17-13-8-7-11(10-14(13)16-2)12-6-4-5-9-15-12/h7-8,10,12,15H,3-6,9H2,1-2H3. The Morgan fingerprint density at radius 2 is 2.18 bits per heavy atom. The summed E-state index contributed by atoms with van der Waals surface area (Å²) in [5.74, 6) is 1.66. The van der Waals surface area contributed by atoms with Crippen LogP contribution in [0.5, 0.6) is 11.5 Å². The number of methoxy groups -OCH3 is 1. The van der Waals surface area contributed by atoms with E-state index in [2.05, 4.69) is 17.4 Å². The van der Waals surface area contributed by atoms with Crippen LogP contribution in [-0.4, -0.2) is 20.3 Å². The zero-order chi connectivity index (χ0) is 12.1. The zero-order valence-electron chi connectivity index (χ0n) is 10.7. The lowest BCUT2D eigenvalue weighted by molar-refractivity contribution is 0.310. The molecule has 0 radical (unpaired) electrons. The smallest absolute Gasteiger partial charge is 0.161 e.